The van der Waals surface area contributed by atoms with Crippen LogP contribution in [0.15, 0.2) is 51.9 Å². The second-order valence-electron chi connectivity index (χ2n) is 6.42. The quantitative estimate of drug-likeness (QED) is 0.605. The largest absolute Gasteiger partial charge is 0.477 e. The van der Waals surface area contributed by atoms with Crippen molar-refractivity contribution in [3.8, 4) is 0 Å². The Labute approximate surface area is 170 Å². The lowest BCUT2D eigenvalue weighted by molar-refractivity contribution is 0.0695. The molecule has 1 heterocycles. The van der Waals surface area contributed by atoms with Gasteiger partial charge in [0.25, 0.3) is 0 Å². The van der Waals surface area contributed by atoms with E-state index in [-0.39, 0.29) is 10.9 Å². The SMILES string of the molecule is CCN(CC)c1cc2c(cc1F)c(=O)c(C(=O)O)cn2Cc1ccc(Br)cc1. The third-order valence-corrected chi connectivity index (χ3v) is 5.28. The zero-order valence-electron chi connectivity index (χ0n) is 15.6. The van der Waals surface area contributed by atoms with Crippen LogP contribution in [0.1, 0.15) is 29.8 Å². The molecule has 0 aliphatic heterocycles. The van der Waals surface area contributed by atoms with Crippen LogP contribution in [-0.2, 0) is 6.54 Å². The van der Waals surface area contributed by atoms with Gasteiger partial charge in [-0.1, -0.05) is 28.1 Å². The molecule has 0 fully saturated rings. The number of aromatic carboxylic acids is 1. The van der Waals surface area contributed by atoms with Gasteiger partial charge >= 0.3 is 5.97 Å². The van der Waals surface area contributed by atoms with E-state index in [0.717, 1.165) is 16.1 Å². The second-order valence-corrected chi connectivity index (χ2v) is 7.34. The van der Waals surface area contributed by atoms with E-state index in [1.807, 2.05) is 43.0 Å². The molecule has 0 amide bonds. The first-order chi connectivity index (χ1) is 13.3. The van der Waals surface area contributed by atoms with Crippen LogP contribution in [0.25, 0.3) is 10.9 Å². The van der Waals surface area contributed by atoms with E-state index < -0.39 is 17.2 Å². The number of aromatic nitrogens is 1. The number of hydrogen-bond acceptors (Lipinski definition) is 3. The smallest absolute Gasteiger partial charge is 0.341 e. The maximum absolute atomic E-state index is 14.7. The van der Waals surface area contributed by atoms with Gasteiger partial charge in [-0.3, -0.25) is 4.79 Å². The number of carboxylic acid groups (broad SMARTS) is 1. The molecule has 7 heteroatoms. The molecule has 0 radical (unpaired) electrons. The molecular formula is C21H20BrFN2O3. The minimum atomic E-state index is -1.33. The highest BCUT2D eigenvalue weighted by molar-refractivity contribution is 9.10. The van der Waals surface area contributed by atoms with Crippen molar-refractivity contribution in [2.45, 2.75) is 20.4 Å². The number of fused-ring (bicyclic) bond motifs is 1. The Hall–Kier alpha value is -2.67. The van der Waals surface area contributed by atoms with Gasteiger partial charge in [0.05, 0.1) is 11.2 Å². The summed E-state index contributed by atoms with van der Waals surface area (Å²) in [5, 5.41) is 9.48. The topological polar surface area (TPSA) is 62.5 Å². The van der Waals surface area contributed by atoms with E-state index in [0.29, 0.717) is 30.8 Å². The summed E-state index contributed by atoms with van der Waals surface area (Å²) < 4.78 is 17.3. The molecule has 0 saturated carbocycles. The lowest BCUT2D eigenvalue weighted by Gasteiger charge is -2.23. The van der Waals surface area contributed by atoms with Crippen molar-refractivity contribution >= 4 is 38.5 Å². The van der Waals surface area contributed by atoms with Gasteiger partial charge in [-0.05, 0) is 43.7 Å². The summed E-state index contributed by atoms with van der Waals surface area (Å²) in [6.07, 6.45) is 1.33. The molecule has 0 spiro atoms. The zero-order chi connectivity index (χ0) is 20.4. The molecule has 2 aromatic carbocycles. The van der Waals surface area contributed by atoms with E-state index in [1.54, 1.807) is 10.6 Å². The van der Waals surface area contributed by atoms with Crippen molar-refractivity contribution in [3.63, 3.8) is 0 Å². The predicted molar refractivity (Wildman–Crippen MR) is 112 cm³/mol. The number of carbonyl (C=O) groups is 1. The first kappa shape index (κ1) is 20.1. The van der Waals surface area contributed by atoms with E-state index in [2.05, 4.69) is 15.9 Å². The molecule has 0 bridgehead atoms. The van der Waals surface area contributed by atoms with Crippen molar-refractivity contribution in [2.24, 2.45) is 0 Å². The summed E-state index contributed by atoms with van der Waals surface area (Å²) in [6.45, 7) is 5.44. The third-order valence-electron chi connectivity index (χ3n) is 4.75. The Kier molecular flexibility index (Phi) is 5.84. The number of nitrogens with zero attached hydrogens (tertiary/aromatic N) is 2. The van der Waals surface area contributed by atoms with Gasteiger partial charge in [0.1, 0.15) is 11.4 Å². The van der Waals surface area contributed by atoms with Gasteiger partial charge in [0.2, 0.25) is 5.43 Å². The zero-order valence-corrected chi connectivity index (χ0v) is 17.2. The molecule has 1 N–H and O–H groups in total. The molecule has 5 nitrogen and oxygen atoms in total. The van der Waals surface area contributed by atoms with Crippen molar-refractivity contribution in [1.82, 2.24) is 4.57 Å². The van der Waals surface area contributed by atoms with E-state index in [1.165, 1.54) is 6.20 Å². The minimum absolute atomic E-state index is 0.0606. The molecule has 3 rings (SSSR count). The number of pyridine rings is 1. The van der Waals surface area contributed by atoms with Crippen molar-refractivity contribution in [3.05, 3.63) is 74.2 Å². The van der Waals surface area contributed by atoms with E-state index in [4.69, 9.17) is 0 Å². The van der Waals surface area contributed by atoms with Gasteiger partial charge in [-0.25, -0.2) is 9.18 Å². The average Bonchev–Trinajstić information content (AvgIpc) is 2.67. The summed E-state index contributed by atoms with van der Waals surface area (Å²) in [4.78, 5) is 26.0. The van der Waals surface area contributed by atoms with Crippen LogP contribution in [0.3, 0.4) is 0 Å². The van der Waals surface area contributed by atoms with Gasteiger partial charge in [0.15, 0.2) is 0 Å². The van der Waals surface area contributed by atoms with Crippen molar-refractivity contribution in [1.29, 1.82) is 0 Å². The Bertz CT molecular complexity index is 1090. The van der Waals surface area contributed by atoms with E-state index >= 15 is 0 Å². The number of carboxylic acids is 1. The minimum Gasteiger partial charge on any atom is -0.477 e. The molecule has 3 aromatic rings. The third kappa shape index (κ3) is 3.80. The highest BCUT2D eigenvalue weighted by atomic mass is 79.9. The number of rotatable bonds is 6. The highest BCUT2D eigenvalue weighted by Crippen LogP contribution is 2.26. The maximum Gasteiger partial charge on any atom is 0.341 e. The van der Waals surface area contributed by atoms with Crippen LogP contribution >= 0.6 is 15.9 Å². The molecule has 0 aliphatic carbocycles. The Morgan fingerprint density at radius 3 is 2.39 bits per heavy atom. The van der Waals surface area contributed by atoms with Crippen LogP contribution in [0.4, 0.5) is 10.1 Å². The van der Waals surface area contributed by atoms with Crippen molar-refractivity contribution in [2.75, 3.05) is 18.0 Å². The fraction of sp³-hybridized carbons (Fsp3) is 0.238. The summed E-state index contributed by atoms with van der Waals surface area (Å²) in [5.41, 5.74) is 0.767. The Balaban J connectivity index is 2.28. The molecular weight excluding hydrogens is 427 g/mol. The van der Waals surface area contributed by atoms with Crippen LogP contribution in [0.5, 0.6) is 0 Å². The summed E-state index contributed by atoms with van der Waals surface area (Å²) in [6, 6.07) is 10.4. The molecule has 28 heavy (non-hydrogen) atoms. The fourth-order valence-electron chi connectivity index (χ4n) is 3.28. The predicted octanol–water partition coefficient (Wildman–Crippen LogP) is 4.50. The summed E-state index contributed by atoms with van der Waals surface area (Å²) in [5.74, 6) is -1.87. The molecule has 0 saturated heterocycles. The number of halogens is 2. The van der Waals surface area contributed by atoms with Crippen LogP contribution < -0.4 is 10.3 Å². The molecule has 1 aromatic heterocycles. The maximum atomic E-state index is 14.7. The van der Waals surface area contributed by atoms with Gasteiger partial charge in [-0.2, -0.15) is 0 Å². The highest BCUT2D eigenvalue weighted by Gasteiger charge is 2.18. The average molecular weight is 447 g/mol. The number of benzene rings is 2. The number of anilines is 1. The summed E-state index contributed by atoms with van der Waals surface area (Å²) >= 11 is 3.39. The van der Waals surface area contributed by atoms with Crippen LogP contribution in [-0.4, -0.2) is 28.7 Å². The lowest BCUT2D eigenvalue weighted by atomic mass is 10.1. The Morgan fingerprint density at radius 1 is 1.18 bits per heavy atom. The molecule has 0 unspecified atom stereocenters. The van der Waals surface area contributed by atoms with Crippen LogP contribution in [0.2, 0.25) is 0 Å². The van der Waals surface area contributed by atoms with Gasteiger partial charge < -0.3 is 14.6 Å². The second kappa shape index (κ2) is 8.14. The van der Waals surface area contributed by atoms with Gasteiger partial charge in [0, 0.05) is 35.7 Å². The van der Waals surface area contributed by atoms with Crippen molar-refractivity contribution < 1.29 is 14.3 Å². The van der Waals surface area contributed by atoms with Crippen LogP contribution in [0, 0.1) is 5.82 Å². The number of hydrogen-bond donors (Lipinski definition) is 1. The fourth-order valence-corrected chi connectivity index (χ4v) is 3.54. The molecule has 146 valence electrons. The normalized spacial score (nSPS) is 11.0. The first-order valence-electron chi connectivity index (χ1n) is 8.95. The van der Waals surface area contributed by atoms with E-state index in [9.17, 15) is 19.1 Å². The Morgan fingerprint density at radius 2 is 1.82 bits per heavy atom. The molecule has 0 atom stereocenters. The summed E-state index contributed by atoms with van der Waals surface area (Å²) in [7, 11) is 0. The monoisotopic (exact) mass is 446 g/mol. The lowest BCUT2D eigenvalue weighted by Crippen LogP contribution is -2.24. The molecule has 0 aliphatic rings. The standard InChI is InChI=1S/C21H20BrFN2O3/c1-3-24(4-2)19-10-18-15(9-17(19)23)20(26)16(21(27)28)12-25(18)11-13-5-7-14(22)8-6-13/h5-10,12H,3-4,11H2,1-2H3,(H,27,28). The van der Waals surface area contributed by atoms with Gasteiger partial charge in [-0.15, -0.1) is 0 Å². The first-order valence-corrected chi connectivity index (χ1v) is 9.74.